The van der Waals surface area contributed by atoms with Gasteiger partial charge in [-0.2, -0.15) is 0 Å². The predicted molar refractivity (Wildman–Crippen MR) is 78.1 cm³/mol. The first-order chi connectivity index (χ1) is 9.24. The smallest absolute Gasteiger partial charge is 0.154 e. The van der Waals surface area contributed by atoms with Crippen molar-refractivity contribution in [2.75, 3.05) is 0 Å². The zero-order valence-corrected chi connectivity index (χ0v) is 12.0. The van der Waals surface area contributed by atoms with Crippen LogP contribution in [-0.4, -0.2) is 6.04 Å². The maximum absolute atomic E-state index is 6.27. The van der Waals surface area contributed by atoms with Crippen molar-refractivity contribution in [1.82, 2.24) is 5.32 Å². The quantitative estimate of drug-likeness (QED) is 0.870. The second kappa shape index (κ2) is 4.41. The van der Waals surface area contributed by atoms with Crippen molar-refractivity contribution >= 4 is 34.2 Å². The Bertz CT molecular complexity index is 641. The second-order valence-corrected chi connectivity index (χ2v) is 6.39. The number of hydrogen-bond acceptors (Lipinski definition) is 2. The molecule has 4 heteroatoms. The van der Waals surface area contributed by atoms with Gasteiger partial charge in [0.1, 0.15) is 10.8 Å². The fraction of sp³-hybridized carbons (Fsp3) is 0.467. The topological polar surface area (TPSA) is 25.2 Å². The van der Waals surface area contributed by atoms with Gasteiger partial charge in [-0.15, -0.1) is 0 Å². The number of furan rings is 1. The minimum Gasteiger partial charge on any atom is -0.458 e. The van der Waals surface area contributed by atoms with Gasteiger partial charge in [-0.1, -0.05) is 23.2 Å². The van der Waals surface area contributed by atoms with Gasteiger partial charge in [0, 0.05) is 17.0 Å². The second-order valence-electron chi connectivity index (χ2n) is 5.61. The van der Waals surface area contributed by atoms with Crippen molar-refractivity contribution in [2.45, 2.75) is 44.2 Å². The summed E-state index contributed by atoms with van der Waals surface area (Å²) in [4.78, 5) is 0. The third kappa shape index (κ3) is 2.16. The van der Waals surface area contributed by atoms with E-state index in [0.29, 0.717) is 22.0 Å². The fourth-order valence-electron chi connectivity index (χ4n) is 2.65. The van der Waals surface area contributed by atoms with Crippen LogP contribution >= 0.6 is 23.2 Å². The van der Waals surface area contributed by atoms with Gasteiger partial charge in [-0.05, 0) is 43.7 Å². The number of halogens is 2. The van der Waals surface area contributed by atoms with Crippen LogP contribution in [0.2, 0.25) is 10.0 Å². The molecule has 2 aliphatic carbocycles. The third-order valence-corrected chi connectivity index (χ3v) is 4.77. The minimum atomic E-state index is 0.540. The Kier molecular flexibility index (Phi) is 2.80. The largest absolute Gasteiger partial charge is 0.458 e. The van der Waals surface area contributed by atoms with Gasteiger partial charge < -0.3 is 9.73 Å². The van der Waals surface area contributed by atoms with Gasteiger partial charge in [-0.25, -0.2) is 0 Å². The Morgan fingerprint density at radius 1 is 1.16 bits per heavy atom. The van der Waals surface area contributed by atoms with E-state index in [2.05, 4.69) is 5.32 Å². The maximum Gasteiger partial charge on any atom is 0.154 e. The molecule has 0 saturated heterocycles. The van der Waals surface area contributed by atoms with Gasteiger partial charge in [0.15, 0.2) is 5.58 Å². The van der Waals surface area contributed by atoms with E-state index in [1.54, 1.807) is 0 Å². The highest BCUT2D eigenvalue weighted by Gasteiger charge is 2.32. The Morgan fingerprint density at radius 2 is 1.95 bits per heavy atom. The highest BCUT2D eigenvalue weighted by Crippen LogP contribution is 2.48. The molecule has 2 nitrogen and oxygen atoms in total. The Labute approximate surface area is 122 Å². The van der Waals surface area contributed by atoms with Gasteiger partial charge in [-0.3, -0.25) is 0 Å². The van der Waals surface area contributed by atoms with Crippen LogP contribution in [0.5, 0.6) is 0 Å². The third-order valence-electron chi connectivity index (χ3n) is 3.98. The molecule has 2 saturated carbocycles. The van der Waals surface area contributed by atoms with Crippen molar-refractivity contribution < 1.29 is 4.42 Å². The Balaban J connectivity index is 1.80. The van der Waals surface area contributed by atoms with Gasteiger partial charge in [0.2, 0.25) is 0 Å². The predicted octanol–water partition coefficient (Wildman–Crippen LogP) is 4.87. The van der Waals surface area contributed by atoms with Crippen molar-refractivity contribution in [3.63, 3.8) is 0 Å². The molecule has 4 rings (SSSR count). The summed E-state index contributed by atoms with van der Waals surface area (Å²) in [5, 5.41) is 5.77. The first-order valence-electron chi connectivity index (χ1n) is 6.86. The van der Waals surface area contributed by atoms with Gasteiger partial charge >= 0.3 is 0 Å². The molecular weight excluding hydrogens is 281 g/mol. The highest BCUT2D eigenvalue weighted by atomic mass is 35.5. The number of hydrogen-bond donors (Lipinski definition) is 1. The molecule has 0 atom stereocenters. The summed E-state index contributed by atoms with van der Waals surface area (Å²) < 4.78 is 6.01. The summed E-state index contributed by atoms with van der Waals surface area (Å²) in [6.07, 6.45) is 5.08. The summed E-state index contributed by atoms with van der Waals surface area (Å²) in [5.74, 6) is 1.70. The number of nitrogens with one attached hydrogen (secondary N) is 1. The molecule has 0 spiro atoms. The molecule has 1 heterocycles. The van der Waals surface area contributed by atoms with Crippen LogP contribution in [0.15, 0.2) is 16.5 Å². The van der Waals surface area contributed by atoms with Crippen LogP contribution in [0.1, 0.15) is 42.9 Å². The van der Waals surface area contributed by atoms with Crippen LogP contribution in [0, 0.1) is 0 Å². The normalized spacial score (nSPS) is 19.3. The van der Waals surface area contributed by atoms with Crippen LogP contribution in [0.3, 0.4) is 0 Å². The number of fused-ring (bicyclic) bond motifs is 1. The van der Waals surface area contributed by atoms with Crippen LogP contribution in [0.4, 0.5) is 0 Å². The van der Waals surface area contributed by atoms with E-state index in [0.717, 1.165) is 23.3 Å². The number of benzene rings is 1. The monoisotopic (exact) mass is 295 g/mol. The van der Waals surface area contributed by atoms with Crippen LogP contribution in [0.25, 0.3) is 11.0 Å². The molecular formula is C15H15Cl2NO. The average molecular weight is 296 g/mol. The molecule has 2 aromatic rings. The Hall–Kier alpha value is -0.700. The molecule has 2 fully saturated rings. The van der Waals surface area contributed by atoms with E-state index in [1.165, 1.54) is 31.2 Å². The van der Waals surface area contributed by atoms with Gasteiger partial charge in [0.05, 0.1) is 11.6 Å². The SMILES string of the molecule is Clc1ccc2c(C3CC3)c(CNC3CC3)oc2c1Cl. The lowest BCUT2D eigenvalue weighted by Gasteiger charge is -2.02. The van der Waals surface area contributed by atoms with Crippen molar-refractivity contribution in [2.24, 2.45) is 0 Å². The molecule has 0 unspecified atom stereocenters. The molecule has 1 aromatic heterocycles. The standard InChI is InChI=1S/C15H15Cl2NO/c16-11-6-5-10-13(8-1-2-8)12(7-18-9-3-4-9)19-15(10)14(11)17/h5-6,8-9,18H,1-4,7H2. The average Bonchev–Trinajstić information content (AvgIpc) is 3.30. The molecule has 0 aliphatic heterocycles. The minimum absolute atomic E-state index is 0.540. The summed E-state index contributed by atoms with van der Waals surface area (Å²) in [5.41, 5.74) is 2.10. The molecule has 0 bridgehead atoms. The summed E-state index contributed by atoms with van der Waals surface area (Å²) in [7, 11) is 0. The lowest BCUT2D eigenvalue weighted by Crippen LogP contribution is -2.15. The summed E-state index contributed by atoms with van der Waals surface area (Å²) in [6.45, 7) is 0.805. The zero-order chi connectivity index (χ0) is 13.0. The Morgan fingerprint density at radius 3 is 2.63 bits per heavy atom. The van der Waals surface area contributed by atoms with E-state index in [9.17, 15) is 0 Å². The van der Waals surface area contributed by atoms with Crippen molar-refractivity contribution in [3.05, 3.63) is 33.5 Å². The first-order valence-corrected chi connectivity index (χ1v) is 7.62. The number of rotatable bonds is 4. The van der Waals surface area contributed by atoms with E-state index in [1.807, 2.05) is 12.1 Å². The zero-order valence-electron chi connectivity index (χ0n) is 10.5. The van der Waals surface area contributed by atoms with E-state index in [-0.39, 0.29) is 0 Å². The van der Waals surface area contributed by atoms with E-state index >= 15 is 0 Å². The molecule has 2 aliphatic rings. The first kappa shape index (κ1) is 12.1. The summed E-state index contributed by atoms with van der Waals surface area (Å²) in [6, 6.07) is 4.59. The van der Waals surface area contributed by atoms with Crippen LogP contribution < -0.4 is 5.32 Å². The van der Waals surface area contributed by atoms with Crippen LogP contribution in [-0.2, 0) is 6.54 Å². The molecule has 1 N–H and O–H groups in total. The molecule has 100 valence electrons. The molecule has 19 heavy (non-hydrogen) atoms. The molecule has 0 amide bonds. The van der Waals surface area contributed by atoms with Crippen molar-refractivity contribution in [3.8, 4) is 0 Å². The lowest BCUT2D eigenvalue weighted by molar-refractivity contribution is 0.506. The van der Waals surface area contributed by atoms with Crippen molar-refractivity contribution in [1.29, 1.82) is 0 Å². The molecule has 1 aromatic carbocycles. The molecule has 0 radical (unpaired) electrons. The van der Waals surface area contributed by atoms with E-state index < -0.39 is 0 Å². The van der Waals surface area contributed by atoms with Gasteiger partial charge in [0.25, 0.3) is 0 Å². The summed E-state index contributed by atoms with van der Waals surface area (Å²) >= 11 is 12.3. The lowest BCUT2D eigenvalue weighted by atomic mass is 10.1. The highest BCUT2D eigenvalue weighted by molar-refractivity contribution is 6.44. The maximum atomic E-state index is 6.27. The fourth-order valence-corrected chi connectivity index (χ4v) is 3.00. The van der Waals surface area contributed by atoms with E-state index in [4.69, 9.17) is 27.6 Å².